The van der Waals surface area contributed by atoms with E-state index in [1.807, 2.05) is 65.8 Å². The average Bonchev–Trinajstić information content (AvgIpc) is 3.99. The number of carbonyl (C=O) groups excluding carboxylic acids is 1. The second-order valence-corrected chi connectivity index (χ2v) is 19.6. The highest BCUT2D eigenvalue weighted by molar-refractivity contribution is 7.87. The lowest BCUT2D eigenvalue weighted by molar-refractivity contribution is 0.0517. The third-order valence-corrected chi connectivity index (χ3v) is 14.3. The van der Waals surface area contributed by atoms with Crippen molar-refractivity contribution in [1.29, 1.82) is 0 Å². The summed E-state index contributed by atoms with van der Waals surface area (Å²) in [4.78, 5) is 22.7. The zero-order chi connectivity index (χ0) is 45.7. The Labute approximate surface area is 375 Å². The minimum Gasteiger partial charge on any atom is -0.482 e. The van der Waals surface area contributed by atoms with Crippen LogP contribution in [0.1, 0.15) is 64.5 Å². The van der Waals surface area contributed by atoms with Gasteiger partial charge in [0.2, 0.25) is 0 Å². The number of rotatable bonds is 13. The summed E-state index contributed by atoms with van der Waals surface area (Å²) in [5.74, 6) is -1.02. The van der Waals surface area contributed by atoms with Crippen LogP contribution in [0.3, 0.4) is 0 Å². The van der Waals surface area contributed by atoms with Gasteiger partial charge in [0.05, 0.1) is 34.9 Å². The van der Waals surface area contributed by atoms with E-state index in [1.54, 1.807) is 108 Å². The van der Waals surface area contributed by atoms with Gasteiger partial charge in [0.25, 0.3) is 0 Å². The molecule has 0 bridgehead atoms. The maximum atomic E-state index is 16.2. The molecule has 4 aromatic heterocycles. The molecule has 0 radical (unpaired) electrons. The van der Waals surface area contributed by atoms with E-state index in [2.05, 4.69) is 19.4 Å². The minimum atomic E-state index is -1.85. The Morgan fingerprint density at radius 2 is 1.34 bits per heavy atom. The van der Waals surface area contributed by atoms with Gasteiger partial charge >= 0.3 is 5.97 Å². The van der Waals surface area contributed by atoms with Crippen molar-refractivity contribution in [3.63, 3.8) is 0 Å². The highest BCUT2D eigenvalue weighted by atomic mass is 32.2. The lowest BCUT2D eigenvalue weighted by Crippen LogP contribution is -2.51. The molecule has 0 aliphatic heterocycles. The quantitative estimate of drug-likeness (QED) is 0.110. The number of carbonyl (C=O) groups is 1. The summed E-state index contributed by atoms with van der Waals surface area (Å²) in [6, 6.07) is 27.1. The monoisotopic (exact) mass is 902 g/mol. The largest absolute Gasteiger partial charge is 0.482 e. The number of halogens is 2. The Morgan fingerprint density at radius 1 is 0.734 bits per heavy atom. The fourth-order valence-electron chi connectivity index (χ4n) is 7.67. The van der Waals surface area contributed by atoms with Gasteiger partial charge in [-0.1, -0.05) is 61.5 Å². The predicted octanol–water partition coefficient (Wildman–Crippen LogP) is 9.88. The van der Waals surface area contributed by atoms with E-state index in [-0.39, 0.29) is 17.9 Å². The van der Waals surface area contributed by atoms with Gasteiger partial charge in [-0.15, -0.1) is 0 Å². The number of imidazole rings is 2. The number of ether oxygens (including phenoxy) is 2. The zero-order valence-corrected chi connectivity index (χ0v) is 38.3. The van der Waals surface area contributed by atoms with Crippen LogP contribution in [-0.4, -0.2) is 58.0 Å². The van der Waals surface area contributed by atoms with Gasteiger partial charge in [0.15, 0.2) is 5.88 Å². The molecule has 1 aliphatic carbocycles. The normalized spacial score (nSPS) is 16.5. The smallest absolute Gasteiger partial charge is 0.355 e. The second-order valence-electron chi connectivity index (χ2n) is 17.3. The number of nitrogens with one attached hydrogen (secondary N) is 2. The van der Waals surface area contributed by atoms with Gasteiger partial charge in [-0.05, 0) is 118 Å². The van der Waals surface area contributed by atoms with E-state index in [0.29, 0.717) is 66.2 Å². The molecular weight excluding hydrogens is 855 g/mol. The lowest BCUT2D eigenvalue weighted by Gasteiger charge is -2.39. The van der Waals surface area contributed by atoms with E-state index < -0.39 is 56.1 Å². The summed E-state index contributed by atoms with van der Waals surface area (Å²) in [5, 5.41) is 0. The van der Waals surface area contributed by atoms with Crippen LogP contribution >= 0.6 is 0 Å². The van der Waals surface area contributed by atoms with Crippen molar-refractivity contribution < 1.29 is 31.5 Å². The van der Waals surface area contributed by atoms with E-state index >= 15 is 8.78 Å². The highest BCUT2D eigenvalue weighted by Gasteiger charge is 2.44. The van der Waals surface area contributed by atoms with Gasteiger partial charge in [0.1, 0.15) is 50.6 Å². The first kappa shape index (κ1) is 44.5. The summed E-state index contributed by atoms with van der Waals surface area (Å²) in [5.41, 5.74) is 2.35. The summed E-state index contributed by atoms with van der Waals surface area (Å²) in [6.45, 7) is 13.4. The first-order valence-electron chi connectivity index (χ1n) is 20.6. The molecule has 3 aromatic carbocycles. The first-order chi connectivity index (χ1) is 30.4. The molecule has 3 atom stereocenters. The SMILES string of the molecule is CCOC(=O)c1cccc2nc(-c3ccc(-c4ccccc4S(=O)NC(C)(C)[C@@]4(C)C=C(c5ccc(-c6cn7c(OC)cccc7n6)c(F)c5)C(S(=O)NC(C)(C)C)=C4)cc3F)cn12. The van der Waals surface area contributed by atoms with Crippen molar-refractivity contribution in [2.24, 2.45) is 5.41 Å². The number of hydrogen-bond donors (Lipinski definition) is 2. The number of benzene rings is 3. The van der Waals surface area contributed by atoms with Crippen LogP contribution in [-0.2, 0) is 26.7 Å². The van der Waals surface area contributed by atoms with E-state index in [0.717, 1.165) is 0 Å². The van der Waals surface area contributed by atoms with Crippen molar-refractivity contribution >= 4 is 44.8 Å². The van der Waals surface area contributed by atoms with Crippen LogP contribution in [0, 0.1) is 17.0 Å². The molecule has 11 nitrogen and oxygen atoms in total. The van der Waals surface area contributed by atoms with Crippen molar-refractivity contribution in [2.75, 3.05) is 13.7 Å². The topological polar surface area (TPSA) is 128 Å². The summed E-state index contributed by atoms with van der Waals surface area (Å²) >= 11 is 0. The van der Waals surface area contributed by atoms with Crippen molar-refractivity contribution in [3.05, 3.63) is 149 Å². The van der Waals surface area contributed by atoms with Crippen molar-refractivity contribution in [1.82, 2.24) is 28.2 Å². The van der Waals surface area contributed by atoms with Gasteiger partial charge < -0.3 is 9.47 Å². The zero-order valence-electron chi connectivity index (χ0n) is 36.7. The van der Waals surface area contributed by atoms with Crippen LogP contribution in [0.25, 0.3) is 50.5 Å². The number of pyridine rings is 2. The van der Waals surface area contributed by atoms with Gasteiger partial charge in [-0.2, -0.15) is 0 Å². The number of fused-ring (bicyclic) bond motifs is 2. The van der Waals surface area contributed by atoms with E-state index in [4.69, 9.17) is 9.47 Å². The average molecular weight is 903 g/mol. The maximum absolute atomic E-state index is 16.2. The summed E-state index contributed by atoms with van der Waals surface area (Å²) in [7, 11) is -2.00. The molecule has 330 valence electrons. The van der Waals surface area contributed by atoms with Crippen molar-refractivity contribution in [3.8, 4) is 39.5 Å². The summed E-state index contributed by atoms with van der Waals surface area (Å²) in [6.07, 6.45) is 7.14. The number of allylic oxidation sites excluding steroid dienone is 1. The molecule has 15 heteroatoms. The lowest BCUT2D eigenvalue weighted by atomic mass is 9.74. The molecule has 1 aliphatic rings. The second kappa shape index (κ2) is 17.1. The van der Waals surface area contributed by atoms with Crippen LogP contribution in [0.2, 0.25) is 0 Å². The molecule has 0 fully saturated rings. The molecule has 2 N–H and O–H groups in total. The van der Waals surface area contributed by atoms with Gasteiger partial charge in [0, 0.05) is 40.0 Å². The van der Waals surface area contributed by atoms with Gasteiger partial charge in [-0.25, -0.2) is 41.4 Å². The molecular formula is C49H48F2N6O5S2. The van der Waals surface area contributed by atoms with E-state index in [1.165, 1.54) is 12.1 Å². The van der Waals surface area contributed by atoms with E-state index in [9.17, 15) is 13.2 Å². The molecule has 2 unspecified atom stereocenters. The summed E-state index contributed by atoms with van der Waals surface area (Å²) < 4.78 is 81.4. The standard InChI is InChI=1S/C49H48F2N6O5S2/c1-9-62-46(58)40-15-12-17-43-52-38(28-56(40)43)33-22-20-30(24-36(33)50)32-14-10-11-16-41(32)63(59)55-48(5,6)49(7)26-35(42(27-49)64(60)54-47(2,3)4)31-21-23-34(37(51)25-31)39-29-57-44(53-39)18-13-19-45(57)61-8/h10-29,54-55H,9H2,1-8H3/t49-,63?,64?/m0/s1. The Kier molecular flexibility index (Phi) is 11.9. The maximum Gasteiger partial charge on any atom is 0.355 e. The predicted molar refractivity (Wildman–Crippen MR) is 248 cm³/mol. The van der Waals surface area contributed by atoms with Gasteiger partial charge in [-0.3, -0.25) is 8.80 Å². The fraction of sp³-hybridized carbons (Fsp3) is 0.245. The Balaban J connectivity index is 1.09. The molecule has 0 saturated heterocycles. The molecule has 0 amide bonds. The third kappa shape index (κ3) is 8.48. The minimum absolute atomic E-state index is 0.209. The Hall–Kier alpha value is -6.13. The first-order valence-corrected chi connectivity index (χ1v) is 22.9. The number of esters is 1. The third-order valence-electron chi connectivity index (χ3n) is 11.3. The Morgan fingerprint density at radius 3 is 1.98 bits per heavy atom. The number of hydrogen-bond acceptors (Lipinski definition) is 7. The fourth-order valence-corrected chi connectivity index (χ4v) is 10.4. The van der Waals surface area contributed by atoms with Crippen LogP contribution in [0.5, 0.6) is 5.88 Å². The van der Waals surface area contributed by atoms with Crippen molar-refractivity contribution in [2.45, 2.75) is 64.4 Å². The highest BCUT2D eigenvalue weighted by Crippen LogP contribution is 2.47. The molecule has 7 aromatic rings. The Bertz CT molecular complexity index is 3090. The van der Waals surface area contributed by atoms with Crippen LogP contribution in [0.15, 0.2) is 131 Å². The van der Waals surface area contributed by atoms with Crippen LogP contribution in [0.4, 0.5) is 8.78 Å². The molecule has 0 spiro atoms. The number of aromatic nitrogens is 4. The molecule has 64 heavy (non-hydrogen) atoms. The molecule has 8 rings (SSSR count). The number of nitrogens with zero attached hydrogens (tertiary/aromatic N) is 4. The van der Waals surface area contributed by atoms with Crippen LogP contribution < -0.4 is 14.2 Å². The number of methoxy groups -OCH3 is 1. The molecule has 0 saturated carbocycles. The molecule has 4 heterocycles.